The van der Waals surface area contributed by atoms with E-state index in [0.29, 0.717) is 13.2 Å². The molecule has 4 heteroatoms. The summed E-state index contributed by atoms with van der Waals surface area (Å²) in [6.07, 6.45) is 0. The van der Waals surface area contributed by atoms with Crippen molar-refractivity contribution in [3.8, 4) is 11.4 Å². The fraction of sp³-hybridized carbons (Fsp3) is 0.310. The normalized spacial score (nSPS) is 11.2. The Morgan fingerprint density at radius 3 is 2.18 bits per heavy atom. The topological polar surface area (TPSA) is 23.4 Å². The molecule has 0 atom stereocenters. The number of fused-ring (bicyclic) bond motifs is 1. The lowest BCUT2D eigenvalue weighted by Crippen LogP contribution is -2.27. The van der Waals surface area contributed by atoms with Crippen LogP contribution in [0.4, 0.5) is 4.39 Å². The minimum absolute atomic E-state index is 0.249. The van der Waals surface area contributed by atoms with Crippen molar-refractivity contribution in [3.63, 3.8) is 0 Å². The van der Waals surface area contributed by atoms with Crippen molar-refractivity contribution in [2.75, 3.05) is 13.7 Å². The summed E-state index contributed by atoms with van der Waals surface area (Å²) in [6.45, 7) is 11.5. The zero-order valence-corrected chi connectivity index (χ0v) is 20.5. The lowest BCUT2D eigenvalue weighted by molar-refractivity contribution is 0.143. The second-order valence-electron chi connectivity index (χ2n) is 8.53. The van der Waals surface area contributed by atoms with Gasteiger partial charge in [0.05, 0.1) is 12.1 Å². The van der Waals surface area contributed by atoms with Gasteiger partial charge in [-0.25, -0.2) is 4.39 Å². The molecule has 3 nitrogen and oxygen atoms in total. The van der Waals surface area contributed by atoms with Gasteiger partial charge in [0.1, 0.15) is 18.2 Å². The molecule has 0 fully saturated rings. The van der Waals surface area contributed by atoms with Gasteiger partial charge in [-0.3, -0.25) is 0 Å². The monoisotopic (exact) mass is 447 g/mol. The van der Waals surface area contributed by atoms with E-state index in [0.717, 1.165) is 39.2 Å². The van der Waals surface area contributed by atoms with E-state index in [1.54, 1.807) is 7.11 Å². The lowest BCUT2D eigenvalue weighted by atomic mass is 9.87. The Kier molecular flexibility index (Phi) is 7.93. The van der Waals surface area contributed by atoms with E-state index < -0.39 is 0 Å². The number of rotatable bonds is 7. The molecule has 4 rings (SSSR count). The van der Waals surface area contributed by atoms with Gasteiger partial charge >= 0.3 is 0 Å². The first-order valence-electron chi connectivity index (χ1n) is 11.5. The highest BCUT2D eigenvalue weighted by Gasteiger charge is 2.30. The van der Waals surface area contributed by atoms with Crippen LogP contribution in [0.15, 0.2) is 72.8 Å². The van der Waals surface area contributed by atoms with Crippen LogP contribution in [0.3, 0.4) is 0 Å². The molecule has 0 aliphatic rings. The average molecular weight is 448 g/mol. The van der Waals surface area contributed by atoms with Crippen molar-refractivity contribution in [1.82, 2.24) is 4.57 Å². The van der Waals surface area contributed by atoms with Crippen molar-refractivity contribution < 1.29 is 13.9 Å². The molecule has 33 heavy (non-hydrogen) atoms. The van der Waals surface area contributed by atoms with Crippen molar-refractivity contribution in [2.45, 2.75) is 46.6 Å². The molecule has 1 heterocycles. The first kappa shape index (κ1) is 24.5. The summed E-state index contributed by atoms with van der Waals surface area (Å²) in [5.41, 5.74) is 5.09. The van der Waals surface area contributed by atoms with E-state index in [1.165, 1.54) is 12.1 Å². The number of halogens is 1. The molecule has 0 amide bonds. The molecule has 0 aliphatic carbocycles. The summed E-state index contributed by atoms with van der Waals surface area (Å²) in [5.74, 6) is 0.593. The van der Waals surface area contributed by atoms with Gasteiger partial charge in [-0.05, 0) is 54.4 Å². The van der Waals surface area contributed by atoms with E-state index >= 15 is 0 Å². The maximum absolute atomic E-state index is 13.7. The fourth-order valence-corrected chi connectivity index (χ4v) is 4.44. The number of aryl methyl sites for hydroxylation is 1. The van der Waals surface area contributed by atoms with Gasteiger partial charge in [-0.1, -0.05) is 64.1 Å². The van der Waals surface area contributed by atoms with Crippen molar-refractivity contribution >= 4 is 10.9 Å². The third kappa shape index (κ3) is 5.12. The van der Waals surface area contributed by atoms with E-state index in [2.05, 4.69) is 43.5 Å². The molecule has 3 aromatic carbocycles. The van der Waals surface area contributed by atoms with Crippen molar-refractivity contribution in [1.29, 1.82) is 0 Å². The molecule has 0 bridgehead atoms. The van der Waals surface area contributed by atoms with Crippen LogP contribution < -0.4 is 4.74 Å². The van der Waals surface area contributed by atoms with Gasteiger partial charge in [0.15, 0.2) is 0 Å². The SMILES string of the molecule is CC.COCC(C)(C)c1c(C)c2c(OCc3ccccc3)cccc2n1-c1ccc(F)cc1. The molecule has 0 unspecified atom stereocenters. The summed E-state index contributed by atoms with van der Waals surface area (Å²) >= 11 is 0. The second kappa shape index (κ2) is 10.7. The summed E-state index contributed by atoms with van der Waals surface area (Å²) < 4.78 is 27.7. The number of methoxy groups -OCH3 is 1. The molecule has 1 aromatic heterocycles. The number of nitrogens with zero attached hydrogens (tertiary/aromatic N) is 1. The highest BCUT2D eigenvalue weighted by Crippen LogP contribution is 2.40. The molecule has 0 N–H and O–H groups in total. The van der Waals surface area contributed by atoms with E-state index in [-0.39, 0.29) is 11.2 Å². The second-order valence-corrected chi connectivity index (χ2v) is 8.53. The minimum atomic E-state index is -0.261. The molecule has 0 saturated carbocycles. The van der Waals surface area contributed by atoms with Crippen LogP contribution in [0.5, 0.6) is 5.75 Å². The minimum Gasteiger partial charge on any atom is -0.488 e. The molecule has 0 radical (unpaired) electrons. The average Bonchev–Trinajstić information content (AvgIpc) is 3.14. The molecule has 4 aromatic rings. The van der Waals surface area contributed by atoms with E-state index in [4.69, 9.17) is 9.47 Å². The number of ether oxygens (including phenoxy) is 2. The van der Waals surface area contributed by atoms with E-state index in [9.17, 15) is 4.39 Å². The maximum Gasteiger partial charge on any atom is 0.129 e. The van der Waals surface area contributed by atoms with Gasteiger partial charge < -0.3 is 14.0 Å². The summed E-state index contributed by atoms with van der Waals surface area (Å²) in [7, 11) is 1.72. The maximum atomic E-state index is 13.7. The number of aromatic nitrogens is 1. The summed E-state index contributed by atoms with van der Waals surface area (Å²) in [6, 6.07) is 22.9. The Morgan fingerprint density at radius 1 is 0.879 bits per heavy atom. The Hall–Kier alpha value is -3.11. The number of hydrogen-bond donors (Lipinski definition) is 0. The first-order valence-corrected chi connectivity index (χ1v) is 11.5. The number of hydrogen-bond acceptors (Lipinski definition) is 2. The number of benzene rings is 3. The summed E-state index contributed by atoms with van der Waals surface area (Å²) in [5, 5.41) is 1.07. The van der Waals surface area contributed by atoms with Crippen LogP contribution in [0.1, 0.15) is 44.5 Å². The van der Waals surface area contributed by atoms with Crippen LogP contribution in [-0.4, -0.2) is 18.3 Å². The molecule has 0 spiro atoms. The third-order valence-corrected chi connectivity index (χ3v) is 5.67. The highest BCUT2D eigenvalue weighted by atomic mass is 19.1. The van der Waals surface area contributed by atoms with Gasteiger partial charge in [0, 0.05) is 29.3 Å². The zero-order valence-electron chi connectivity index (χ0n) is 20.5. The van der Waals surface area contributed by atoms with Gasteiger partial charge in [0.2, 0.25) is 0 Å². The predicted molar refractivity (Wildman–Crippen MR) is 135 cm³/mol. The van der Waals surface area contributed by atoms with Crippen LogP contribution >= 0.6 is 0 Å². The Balaban J connectivity index is 0.00000149. The zero-order chi connectivity index (χ0) is 24.0. The van der Waals surface area contributed by atoms with E-state index in [1.807, 2.05) is 56.3 Å². The van der Waals surface area contributed by atoms with Crippen molar-refractivity contribution in [3.05, 3.63) is 95.4 Å². The largest absolute Gasteiger partial charge is 0.488 e. The smallest absolute Gasteiger partial charge is 0.129 e. The quantitative estimate of drug-likeness (QED) is 0.291. The Bertz CT molecular complexity index is 1180. The third-order valence-electron chi connectivity index (χ3n) is 5.67. The lowest BCUT2D eigenvalue weighted by Gasteiger charge is -2.27. The molecular formula is C29H34FNO2. The molecular weight excluding hydrogens is 413 g/mol. The molecule has 0 aliphatic heterocycles. The van der Waals surface area contributed by atoms with Gasteiger partial charge in [0.25, 0.3) is 0 Å². The van der Waals surface area contributed by atoms with Gasteiger partial charge in [-0.15, -0.1) is 0 Å². The Morgan fingerprint density at radius 2 is 1.55 bits per heavy atom. The Labute approximate surface area is 196 Å². The van der Waals surface area contributed by atoms with Crippen LogP contribution in [0, 0.1) is 12.7 Å². The van der Waals surface area contributed by atoms with Crippen LogP contribution in [-0.2, 0) is 16.8 Å². The molecule has 174 valence electrons. The molecule has 0 saturated heterocycles. The van der Waals surface area contributed by atoms with Crippen LogP contribution in [0.2, 0.25) is 0 Å². The van der Waals surface area contributed by atoms with Crippen molar-refractivity contribution in [2.24, 2.45) is 0 Å². The fourth-order valence-electron chi connectivity index (χ4n) is 4.44. The van der Waals surface area contributed by atoms with Gasteiger partial charge in [-0.2, -0.15) is 0 Å². The predicted octanol–water partition coefficient (Wildman–Crippen LogP) is 7.61. The highest BCUT2D eigenvalue weighted by molar-refractivity contribution is 5.93. The standard InChI is InChI=1S/C27H28FNO2.C2H6/c1-19-25-23(11-8-12-24(25)31-17-20-9-6-5-7-10-20)29(22-15-13-21(28)14-16-22)26(19)27(2,3)18-30-4;1-2/h5-16H,17-18H2,1-4H3;1-2H3. The first-order chi connectivity index (χ1) is 15.9. The summed E-state index contributed by atoms with van der Waals surface area (Å²) in [4.78, 5) is 0. The van der Waals surface area contributed by atoms with Crippen LogP contribution in [0.25, 0.3) is 16.6 Å².